The van der Waals surface area contributed by atoms with Gasteiger partial charge in [-0.15, -0.1) is 0 Å². The largest absolute Gasteiger partial charge is 0.479 e. The van der Waals surface area contributed by atoms with Gasteiger partial charge in [0.1, 0.15) is 0 Å². The number of fused-ring (bicyclic) bond motifs is 1. The van der Waals surface area contributed by atoms with Crippen LogP contribution >= 0.6 is 0 Å². The molecule has 4 heterocycles. The highest BCUT2D eigenvalue weighted by Gasteiger charge is 2.23. The van der Waals surface area contributed by atoms with Crippen molar-refractivity contribution in [2.24, 2.45) is 0 Å². The van der Waals surface area contributed by atoms with Crippen LogP contribution in [0.4, 0.5) is 4.39 Å². The molecule has 1 aliphatic heterocycles. The molecule has 7 nitrogen and oxygen atoms in total. The highest BCUT2D eigenvalue weighted by atomic mass is 19.1. The van der Waals surface area contributed by atoms with Gasteiger partial charge >= 0.3 is 0 Å². The summed E-state index contributed by atoms with van der Waals surface area (Å²) < 4.78 is 28.5. The molecule has 0 saturated carbocycles. The summed E-state index contributed by atoms with van der Waals surface area (Å²) in [7, 11) is 1.40. The first-order valence-corrected chi connectivity index (χ1v) is 9.12. The Kier molecular flexibility index (Phi) is 4.89. The third-order valence-corrected chi connectivity index (χ3v) is 4.66. The molecule has 142 valence electrons. The monoisotopic (exact) mass is 371 g/mol. The molecule has 0 aromatic carbocycles. The number of aryl methyl sites for hydroxylation is 1. The van der Waals surface area contributed by atoms with Crippen LogP contribution in [0.3, 0.4) is 0 Å². The Bertz CT molecular complexity index is 950. The molecule has 0 bridgehead atoms. The van der Waals surface area contributed by atoms with Crippen LogP contribution in [0, 0.1) is 5.82 Å². The fourth-order valence-electron chi connectivity index (χ4n) is 3.41. The molecular weight excluding hydrogens is 349 g/mol. The summed E-state index contributed by atoms with van der Waals surface area (Å²) in [5.41, 5.74) is 4.55. The van der Waals surface area contributed by atoms with Gasteiger partial charge in [0.2, 0.25) is 5.88 Å². The van der Waals surface area contributed by atoms with Gasteiger partial charge < -0.3 is 9.47 Å². The van der Waals surface area contributed by atoms with E-state index >= 15 is 0 Å². The Labute approximate surface area is 156 Å². The smallest absolute Gasteiger partial charge is 0.250 e. The molecule has 0 unspecified atom stereocenters. The van der Waals surface area contributed by atoms with Crippen molar-refractivity contribution in [1.82, 2.24) is 24.5 Å². The third-order valence-electron chi connectivity index (χ3n) is 4.66. The quantitative estimate of drug-likeness (QED) is 0.690. The number of hydrogen-bond donors (Lipinski definition) is 0. The second-order valence-electron chi connectivity index (χ2n) is 6.47. The van der Waals surface area contributed by atoms with Crippen molar-refractivity contribution in [1.29, 1.82) is 0 Å². The van der Waals surface area contributed by atoms with Gasteiger partial charge in [0.15, 0.2) is 5.82 Å². The van der Waals surface area contributed by atoms with Crippen LogP contribution in [0.2, 0.25) is 0 Å². The lowest BCUT2D eigenvalue weighted by Gasteiger charge is -2.08. The summed E-state index contributed by atoms with van der Waals surface area (Å²) >= 11 is 0. The maximum Gasteiger partial charge on any atom is 0.250 e. The number of nitrogens with zero attached hydrogens (tertiary/aromatic N) is 5. The second kappa shape index (κ2) is 7.48. The van der Waals surface area contributed by atoms with Crippen molar-refractivity contribution >= 4 is 0 Å². The van der Waals surface area contributed by atoms with Crippen LogP contribution in [0.5, 0.6) is 5.88 Å². The van der Waals surface area contributed by atoms with Gasteiger partial charge in [0, 0.05) is 36.4 Å². The van der Waals surface area contributed by atoms with Gasteiger partial charge in [0.05, 0.1) is 49.8 Å². The van der Waals surface area contributed by atoms with Crippen molar-refractivity contribution in [2.75, 3.05) is 20.3 Å². The van der Waals surface area contributed by atoms with Crippen LogP contribution in [0.25, 0.3) is 16.9 Å². The zero-order valence-corrected chi connectivity index (χ0v) is 15.5. The van der Waals surface area contributed by atoms with Crippen molar-refractivity contribution in [3.05, 3.63) is 41.7 Å². The minimum Gasteiger partial charge on any atom is -0.479 e. The topological polar surface area (TPSA) is 67.0 Å². The lowest BCUT2D eigenvalue weighted by Crippen LogP contribution is -2.06. The minimum absolute atomic E-state index is 0.0265. The molecule has 8 heteroatoms. The molecule has 3 aromatic rings. The molecule has 0 atom stereocenters. The summed E-state index contributed by atoms with van der Waals surface area (Å²) in [4.78, 5) is 4.05. The second-order valence-corrected chi connectivity index (χ2v) is 6.47. The third kappa shape index (κ3) is 3.32. The summed E-state index contributed by atoms with van der Waals surface area (Å²) in [5, 5.41) is 9.23. The van der Waals surface area contributed by atoms with E-state index in [0.717, 1.165) is 41.9 Å². The summed E-state index contributed by atoms with van der Waals surface area (Å²) in [6.07, 6.45) is 7.90. The van der Waals surface area contributed by atoms with E-state index in [-0.39, 0.29) is 5.88 Å². The van der Waals surface area contributed by atoms with Crippen LogP contribution in [-0.2, 0) is 24.1 Å². The maximum atomic E-state index is 14.2. The van der Waals surface area contributed by atoms with E-state index in [4.69, 9.17) is 14.6 Å². The molecule has 1 aliphatic rings. The summed E-state index contributed by atoms with van der Waals surface area (Å²) in [6, 6.07) is 1.40. The number of methoxy groups -OCH3 is 1. The Morgan fingerprint density at radius 1 is 1.26 bits per heavy atom. The number of aromatic nitrogens is 5. The lowest BCUT2D eigenvalue weighted by molar-refractivity contribution is 0.145. The van der Waals surface area contributed by atoms with Gasteiger partial charge in [-0.25, -0.2) is 14.1 Å². The van der Waals surface area contributed by atoms with E-state index in [0.29, 0.717) is 25.3 Å². The van der Waals surface area contributed by atoms with Crippen LogP contribution in [0.1, 0.15) is 24.6 Å². The summed E-state index contributed by atoms with van der Waals surface area (Å²) in [5.74, 6) is -0.539. The highest BCUT2D eigenvalue weighted by molar-refractivity contribution is 5.64. The standard InChI is InChI=1S/C19H22FN5O2/c1-3-6-24-12-13(10-22-24)18-15-4-7-27-8-5-17(15)25(23-18)14-9-16(20)19(26-2)21-11-14/h9-12H,3-8H2,1-2H3. The first-order chi connectivity index (χ1) is 13.2. The fourth-order valence-corrected chi connectivity index (χ4v) is 3.41. The first-order valence-electron chi connectivity index (χ1n) is 9.12. The zero-order chi connectivity index (χ0) is 18.8. The van der Waals surface area contributed by atoms with Gasteiger partial charge in [-0.05, 0) is 12.8 Å². The molecule has 0 fully saturated rings. The average Bonchev–Trinajstić information content (AvgIpc) is 3.19. The minimum atomic E-state index is -0.513. The Morgan fingerprint density at radius 2 is 2.11 bits per heavy atom. The van der Waals surface area contributed by atoms with Crippen LogP contribution < -0.4 is 4.74 Å². The van der Waals surface area contributed by atoms with Gasteiger partial charge in [0.25, 0.3) is 0 Å². The Hall–Kier alpha value is -2.74. The van der Waals surface area contributed by atoms with E-state index in [9.17, 15) is 4.39 Å². The van der Waals surface area contributed by atoms with Crippen molar-refractivity contribution in [3.8, 4) is 22.8 Å². The van der Waals surface area contributed by atoms with E-state index in [1.807, 2.05) is 17.1 Å². The number of hydrogen-bond acceptors (Lipinski definition) is 5. The Morgan fingerprint density at radius 3 is 2.89 bits per heavy atom. The number of rotatable bonds is 5. The first kappa shape index (κ1) is 17.7. The molecule has 0 aliphatic carbocycles. The molecule has 0 spiro atoms. The molecule has 3 aromatic heterocycles. The van der Waals surface area contributed by atoms with E-state index in [1.165, 1.54) is 13.2 Å². The number of halogens is 1. The van der Waals surface area contributed by atoms with Crippen molar-refractivity contribution in [3.63, 3.8) is 0 Å². The summed E-state index contributed by atoms with van der Waals surface area (Å²) in [6.45, 7) is 4.23. The zero-order valence-electron chi connectivity index (χ0n) is 15.5. The molecule has 0 amide bonds. The fraction of sp³-hybridized carbons (Fsp3) is 0.421. The SMILES string of the molecule is CCCn1cc(-c2nn(-c3cnc(OC)c(F)c3)c3c2CCOCC3)cn1. The lowest BCUT2D eigenvalue weighted by atomic mass is 10.1. The predicted molar refractivity (Wildman–Crippen MR) is 97.6 cm³/mol. The van der Waals surface area contributed by atoms with Crippen molar-refractivity contribution < 1.29 is 13.9 Å². The molecule has 0 saturated heterocycles. The van der Waals surface area contributed by atoms with Gasteiger partial charge in [-0.3, -0.25) is 4.68 Å². The highest BCUT2D eigenvalue weighted by Crippen LogP contribution is 2.30. The van der Waals surface area contributed by atoms with Gasteiger partial charge in [-0.2, -0.15) is 10.2 Å². The molecule has 0 radical (unpaired) electrons. The molecule has 0 N–H and O–H groups in total. The molecule has 27 heavy (non-hydrogen) atoms. The average molecular weight is 371 g/mol. The molecular formula is C19H22FN5O2. The predicted octanol–water partition coefficient (Wildman–Crippen LogP) is 2.80. The van der Waals surface area contributed by atoms with E-state index in [2.05, 4.69) is 17.0 Å². The Balaban J connectivity index is 1.82. The normalized spacial score (nSPS) is 14.0. The van der Waals surface area contributed by atoms with Gasteiger partial charge in [-0.1, -0.05) is 6.92 Å². The number of ether oxygens (including phenoxy) is 2. The van der Waals surface area contributed by atoms with Crippen molar-refractivity contribution in [2.45, 2.75) is 32.7 Å². The van der Waals surface area contributed by atoms with Crippen LogP contribution in [0.15, 0.2) is 24.7 Å². The maximum absolute atomic E-state index is 14.2. The number of pyridine rings is 1. The van der Waals surface area contributed by atoms with E-state index in [1.54, 1.807) is 10.9 Å². The van der Waals surface area contributed by atoms with Crippen LogP contribution in [-0.4, -0.2) is 44.9 Å². The molecule has 4 rings (SSSR count). The van der Waals surface area contributed by atoms with E-state index < -0.39 is 5.82 Å².